The molecule has 0 amide bonds. The lowest BCUT2D eigenvalue weighted by atomic mass is 9.96. The first kappa shape index (κ1) is 15.0. The maximum Gasteiger partial charge on any atom is 0.0644 e. The van der Waals surface area contributed by atoms with Gasteiger partial charge in [-0.05, 0) is 39.7 Å². The van der Waals surface area contributed by atoms with Crippen molar-refractivity contribution >= 4 is 0 Å². The second-order valence-electron chi connectivity index (χ2n) is 5.02. The molecule has 3 heteroatoms. The smallest absolute Gasteiger partial charge is 0.0644 e. The molecule has 1 N–H and O–H groups in total. The van der Waals surface area contributed by atoms with Crippen molar-refractivity contribution in [3.05, 3.63) is 29.1 Å². The largest absolute Gasteiger partial charge is 0.310 e. The predicted molar refractivity (Wildman–Crippen MR) is 77.8 cm³/mol. The van der Waals surface area contributed by atoms with E-state index in [2.05, 4.69) is 44.7 Å². The van der Waals surface area contributed by atoms with Gasteiger partial charge in [0, 0.05) is 24.3 Å². The Morgan fingerprint density at radius 3 is 2.50 bits per heavy atom. The molecule has 0 saturated carbocycles. The quantitative estimate of drug-likeness (QED) is 0.750. The normalized spacial score (nSPS) is 12.7. The fourth-order valence-electron chi connectivity index (χ4n) is 2.32. The van der Waals surface area contributed by atoms with Crippen LogP contribution in [0.5, 0.6) is 0 Å². The van der Waals surface area contributed by atoms with Crippen molar-refractivity contribution < 1.29 is 0 Å². The van der Waals surface area contributed by atoms with Crippen molar-refractivity contribution in [2.24, 2.45) is 7.05 Å². The molecule has 0 aliphatic heterocycles. The van der Waals surface area contributed by atoms with E-state index in [9.17, 15) is 0 Å². The second-order valence-corrected chi connectivity index (χ2v) is 5.02. The Morgan fingerprint density at radius 2 is 2.06 bits per heavy atom. The third kappa shape index (κ3) is 3.45. The molecule has 0 spiro atoms. The van der Waals surface area contributed by atoms with E-state index in [0.717, 1.165) is 31.5 Å². The summed E-state index contributed by atoms with van der Waals surface area (Å²) in [6, 6.07) is 0.353. The van der Waals surface area contributed by atoms with Gasteiger partial charge in [-0.1, -0.05) is 26.0 Å². The van der Waals surface area contributed by atoms with Crippen LogP contribution in [-0.2, 0) is 7.05 Å². The van der Waals surface area contributed by atoms with Gasteiger partial charge < -0.3 is 5.32 Å². The molecule has 102 valence electrons. The molecule has 18 heavy (non-hydrogen) atoms. The molecular formula is C15H27N3. The third-order valence-electron chi connectivity index (χ3n) is 3.55. The van der Waals surface area contributed by atoms with Crippen LogP contribution in [0.15, 0.2) is 12.2 Å². The van der Waals surface area contributed by atoms with E-state index in [-0.39, 0.29) is 0 Å². The molecule has 1 aromatic rings. The summed E-state index contributed by atoms with van der Waals surface area (Å²) in [5, 5.41) is 8.15. The zero-order valence-electron chi connectivity index (χ0n) is 12.5. The average Bonchev–Trinajstić information content (AvgIpc) is 2.59. The lowest BCUT2D eigenvalue weighted by Gasteiger charge is -2.20. The van der Waals surface area contributed by atoms with Gasteiger partial charge in [0.2, 0.25) is 0 Å². The Morgan fingerprint density at radius 1 is 1.39 bits per heavy atom. The van der Waals surface area contributed by atoms with Crippen LogP contribution in [0.1, 0.15) is 56.1 Å². The van der Waals surface area contributed by atoms with Crippen LogP contribution < -0.4 is 5.32 Å². The number of hydrogen-bond acceptors (Lipinski definition) is 2. The molecular weight excluding hydrogens is 222 g/mol. The van der Waals surface area contributed by atoms with Crippen LogP contribution in [0.25, 0.3) is 0 Å². The van der Waals surface area contributed by atoms with Gasteiger partial charge in [0.25, 0.3) is 0 Å². The molecule has 0 saturated heterocycles. The third-order valence-corrected chi connectivity index (χ3v) is 3.55. The summed E-state index contributed by atoms with van der Waals surface area (Å²) in [6.45, 7) is 13.8. The van der Waals surface area contributed by atoms with Crippen LogP contribution in [0.3, 0.4) is 0 Å². The van der Waals surface area contributed by atoms with Gasteiger partial charge >= 0.3 is 0 Å². The molecule has 0 radical (unpaired) electrons. The molecule has 1 aromatic heterocycles. The van der Waals surface area contributed by atoms with Crippen molar-refractivity contribution in [3.63, 3.8) is 0 Å². The fraction of sp³-hybridized carbons (Fsp3) is 0.667. The minimum Gasteiger partial charge on any atom is -0.310 e. The van der Waals surface area contributed by atoms with Gasteiger partial charge in [0.05, 0.1) is 5.69 Å². The fourth-order valence-corrected chi connectivity index (χ4v) is 2.32. The van der Waals surface area contributed by atoms with Crippen LogP contribution in [0, 0.1) is 13.8 Å². The Balaban J connectivity index is 2.97. The van der Waals surface area contributed by atoms with E-state index in [4.69, 9.17) is 0 Å². The summed E-state index contributed by atoms with van der Waals surface area (Å²) in [4.78, 5) is 0. The van der Waals surface area contributed by atoms with Gasteiger partial charge in [0.15, 0.2) is 0 Å². The van der Waals surface area contributed by atoms with Gasteiger partial charge in [-0.3, -0.25) is 4.68 Å². The molecule has 0 fully saturated rings. The second kappa shape index (κ2) is 6.74. The lowest BCUT2D eigenvalue weighted by molar-refractivity contribution is 0.519. The van der Waals surface area contributed by atoms with E-state index in [1.54, 1.807) is 0 Å². The van der Waals surface area contributed by atoms with Crippen molar-refractivity contribution in [2.75, 3.05) is 6.54 Å². The molecule has 0 aliphatic carbocycles. The Hall–Kier alpha value is -1.09. The van der Waals surface area contributed by atoms with Crippen molar-refractivity contribution in [1.29, 1.82) is 0 Å². The maximum atomic E-state index is 4.52. The number of aryl methyl sites for hydroxylation is 2. The molecule has 0 aliphatic rings. The summed E-state index contributed by atoms with van der Waals surface area (Å²) in [5.41, 5.74) is 5.03. The van der Waals surface area contributed by atoms with Crippen LogP contribution >= 0.6 is 0 Å². The minimum atomic E-state index is 0.353. The Labute approximate surface area is 111 Å². The van der Waals surface area contributed by atoms with Gasteiger partial charge in [0.1, 0.15) is 0 Å². The molecule has 1 heterocycles. The first-order valence-electron chi connectivity index (χ1n) is 6.91. The summed E-state index contributed by atoms with van der Waals surface area (Å²) in [5.74, 6) is 0. The van der Waals surface area contributed by atoms with Crippen LogP contribution in [0.2, 0.25) is 0 Å². The standard InChI is InChI=1S/C15H27N3/c1-7-9-16-14(10-11(3)8-2)15-12(4)17-18(6)13(15)5/h14,16H,3,7-10H2,1-2,4-6H3. The van der Waals surface area contributed by atoms with E-state index in [1.165, 1.54) is 16.8 Å². The molecule has 1 unspecified atom stereocenters. The van der Waals surface area contributed by atoms with Gasteiger partial charge in [-0.25, -0.2) is 0 Å². The first-order valence-corrected chi connectivity index (χ1v) is 6.91. The van der Waals surface area contributed by atoms with Crippen LogP contribution in [-0.4, -0.2) is 16.3 Å². The molecule has 0 bridgehead atoms. The highest BCUT2D eigenvalue weighted by atomic mass is 15.3. The highest BCUT2D eigenvalue weighted by molar-refractivity contribution is 5.29. The minimum absolute atomic E-state index is 0.353. The zero-order chi connectivity index (χ0) is 13.7. The van der Waals surface area contributed by atoms with Crippen LogP contribution in [0.4, 0.5) is 0 Å². The van der Waals surface area contributed by atoms with E-state index >= 15 is 0 Å². The van der Waals surface area contributed by atoms with E-state index in [1.807, 2.05) is 11.7 Å². The van der Waals surface area contributed by atoms with Crippen molar-refractivity contribution in [2.45, 2.75) is 53.0 Å². The Bertz CT molecular complexity index is 404. The first-order chi connectivity index (χ1) is 8.51. The highest BCUT2D eigenvalue weighted by Gasteiger charge is 2.19. The number of aromatic nitrogens is 2. The molecule has 3 nitrogen and oxygen atoms in total. The summed E-state index contributed by atoms with van der Waals surface area (Å²) in [6.07, 6.45) is 3.19. The molecule has 1 atom stereocenters. The summed E-state index contributed by atoms with van der Waals surface area (Å²) in [7, 11) is 2.01. The predicted octanol–water partition coefficient (Wildman–Crippen LogP) is 3.43. The van der Waals surface area contributed by atoms with E-state index in [0.29, 0.717) is 6.04 Å². The highest BCUT2D eigenvalue weighted by Crippen LogP contribution is 2.27. The number of nitrogens with zero attached hydrogens (tertiary/aromatic N) is 2. The number of hydrogen-bond donors (Lipinski definition) is 1. The number of rotatable bonds is 7. The van der Waals surface area contributed by atoms with Gasteiger partial charge in [-0.15, -0.1) is 0 Å². The lowest BCUT2D eigenvalue weighted by Crippen LogP contribution is -2.23. The molecule has 0 aromatic carbocycles. The topological polar surface area (TPSA) is 29.9 Å². The SMILES string of the molecule is C=C(CC)CC(NCCC)c1c(C)nn(C)c1C. The Kier molecular flexibility index (Phi) is 5.60. The molecule has 1 rings (SSSR count). The summed E-state index contributed by atoms with van der Waals surface area (Å²) < 4.78 is 1.97. The average molecular weight is 249 g/mol. The van der Waals surface area contributed by atoms with Crippen molar-refractivity contribution in [3.8, 4) is 0 Å². The zero-order valence-corrected chi connectivity index (χ0v) is 12.5. The maximum absolute atomic E-state index is 4.52. The monoisotopic (exact) mass is 249 g/mol. The van der Waals surface area contributed by atoms with Crippen molar-refractivity contribution in [1.82, 2.24) is 15.1 Å². The summed E-state index contributed by atoms with van der Waals surface area (Å²) >= 11 is 0. The van der Waals surface area contributed by atoms with E-state index < -0.39 is 0 Å². The number of nitrogens with one attached hydrogen (secondary N) is 1. The van der Waals surface area contributed by atoms with Gasteiger partial charge in [-0.2, -0.15) is 5.10 Å².